The number of aliphatic hydroxyl groups is 1. The van der Waals surface area contributed by atoms with Crippen molar-refractivity contribution in [3.05, 3.63) is 0 Å². The summed E-state index contributed by atoms with van der Waals surface area (Å²) in [6, 6.07) is 1.13. The Bertz CT molecular complexity index is 281. The molecule has 1 N–H and O–H groups in total. The first kappa shape index (κ1) is 15.3. The molecule has 0 radical (unpaired) electrons. The molecular weight excluding hydrogens is 234 g/mol. The van der Waals surface area contributed by atoms with E-state index in [1.807, 2.05) is 0 Å². The van der Waals surface area contributed by atoms with Crippen LogP contribution in [0.1, 0.15) is 72.6 Å². The quantitative estimate of drug-likeness (QED) is 0.837. The Morgan fingerprint density at radius 1 is 1.11 bits per heavy atom. The maximum Gasteiger partial charge on any atom is 0.0746 e. The Kier molecular flexibility index (Phi) is 4.94. The van der Waals surface area contributed by atoms with Crippen molar-refractivity contribution in [2.24, 2.45) is 11.3 Å². The van der Waals surface area contributed by atoms with Crippen LogP contribution >= 0.6 is 0 Å². The first-order valence-electron chi connectivity index (χ1n) is 8.35. The van der Waals surface area contributed by atoms with E-state index in [9.17, 15) is 5.11 Å². The normalized spacial score (nSPS) is 32.4. The maximum absolute atomic E-state index is 10.8. The highest BCUT2D eigenvalue weighted by molar-refractivity contribution is 4.96. The minimum atomic E-state index is -0.152. The van der Waals surface area contributed by atoms with Gasteiger partial charge in [-0.3, -0.25) is 4.90 Å². The van der Waals surface area contributed by atoms with Crippen LogP contribution in [-0.4, -0.2) is 34.7 Å². The van der Waals surface area contributed by atoms with Gasteiger partial charge in [0, 0.05) is 18.6 Å². The summed E-state index contributed by atoms with van der Waals surface area (Å²) in [7, 11) is 0. The van der Waals surface area contributed by atoms with Crippen molar-refractivity contribution in [3.63, 3.8) is 0 Å². The van der Waals surface area contributed by atoms with E-state index in [1.54, 1.807) is 0 Å². The van der Waals surface area contributed by atoms with Gasteiger partial charge in [-0.25, -0.2) is 0 Å². The number of rotatable bonds is 4. The second kappa shape index (κ2) is 6.13. The molecule has 0 aromatic carbocycles. The van der Waals surface area contributed by atoms with Crippen LogP contribution in [0.3, 0.4) is 0 Å². The molecule has 0 aromatic rings. The molecule has 2 rings (SSSR count). The lowest BCUT2D eigenvalue weighted by molar-refractivity contribution is -0.0717. The predicted octanol–water partition coefficient (Wildman–Crippen LogP) is 3.83. The molecular formula is C17H33NO. The topological polar surface area (TPSA) is 23.5 Å². The summed E-state index contributed by atoms with van der Waals surface area (Å²) in [5.41, 5.74) is 0.0940. The Morgan fingerprint density at radius 2 is 1.74 bits per heavy atom. The Balaban J connectivity index is 2.12. The fourth-order valence-electron chi connectivity index (χ4n) is 4.15. The van der Waals surface area contributed by atoms with Gasteiger partial charge in [0.15, 0.2) is 0 Å². The highest BCUT2D eigenvalue weighted by Crippen LogP contribution is 2.40. The molecule has 19 heavy (non-hydrogen) atoms. The summed E-state index contributed by atoms with van der Waals surface area (Å²) in [5.74, 6) is 0.692. The molecule has 2 fully saturated rings. The van der Waals surface area contributed by atoms with Crippen molar-refractivity contribution < 1.29 is 5.11 Å². The SMILES string of the molecule is CC(C)CN(C1CCCC1)C1CCCC(C)(C)C1O. The molecule has 2 heteroatoms. The van der Waals surface area contributed by atoms with Crippen LogP contribution in [0.5, 0.6) is 0 Å². The minimum absolute atomic E-state index is 0.0940. The van der Waals surface area contributed by atoms with Crippen LogP contribution in [0.4, 0.5) is 0 Å². The van der Waals surface area contributed by atoms with E-state index in [4.69, 9.17) is 0 Å². The van der Waals surface area contributed by atoms with Gasteiger partial charge in [0.25, 0.3) is 0 Å². The van der Waals surface area contributed by atoms with Gasteiger partial charge in [-0.05, 0) is 37.0 Å². The van der Waals surface area contributed by atoms with Crippen molar-refractivity contribution in [1.29, 1.82) is 0 Å². The van der Waals surface area contributed by atoms with Gasteiger partial charge in [-0.1, -0.05) is 47.0 Å². The molecule has 2 unspecified atom stereocenters. The highest BCUT2D eigenvalue weighted by Gasteiger charge is 2.42. The summed E-state index contributed by atoms with van der Waals surface area (Å²) in [4.78, 5) is 2.68. The molecule has 0 amide bonds. The summed E-state index contributed by atoms with van der Waals surface area (Å²) < 4.78 is 0. The monoisotopic (exact) mass is 267 g/mol. The lowest BCUT2D eigenvalue weighted by Gasteiger charge is -2.48. The lowest BCUT2D eigenvalue weighted by Crippen LogP contribution is -2.55. The van der Waals surface area contributed by atoms with Crippen molar-refractivity contribution in [2.75, 3.05) is 6.54 Å². The van der Waals surface area contributed by atoms with Crippen LogP contribution in [-0.2, 0) is 0 Å². The molecule has 0 saturated heterocycles. The van der Waals surface area contributed by atoms with Gasteiger partial charge in [0.05, 0.1) is 6.10 Å². The lowest BCUT2D eigenvalue weighted by atomic mass is 9.71. The summed E-state index contributed by atoms with van der Waals surface area (Å²) in [6.07, 6.45) is 8.93. The van der Waals surface area contributed by atoms with Crippen LogP contribution in [0.25, 0.3) is 0 Å². The van der Waals surface area contributed by atoms with Crippen LogP contribution in [0.2, 0.25) is 0 Å². The second-order valence-corrected chi connectivity index (χ2v) is 7.92. The molecule has 0 spiro atoms. The Morgan fingerprint density at radius 3 is 2.32 bits per heavy atom. The standard InChI is InChI=1S/C17H33NO/c1-13(2)12-18(14-8-5-6-9-14)15-10-7-11-17(3,4)16(15)19/h13-16,19H,5-12H2,1-4H3. The maximum atomic E-state index is 10.8. The molecule has 2 aliphatic carbocycles. The fourth-order valence-corrected chi connectivity index (χ4v) is 4.15. The van der Waals surface area contributed by atoms with Crippen molar-refractivity contribution in [3.8, 4) is 0 Å². The third kappa shape index (κ3) is 3.52. The molecule has 112 valence electrons. The van der Waals surface area contributed by atoms with E-state index < -0.39 is 0 Å². The van der Waals surface area contributed by atoms with E-state index in [2.05, 4.69) is 32.6 Å². The highest BCUT2D eigenvalue weighted by atomic mass is 16.3. The number of hydrogen-bond acceptors (Lipinski definition) is 2. The van der Waals surface area contributed by atoms with E-state index in [-0.39, 0.29) is 11.5 Å². The zero-order valence-corrected chi connectivity index (χ0v) is 13.4. The first-order valence-corrected chi connectivity index (χ1v) is 8.35. The fraction of sp³-hybridized carbons (Fsp3) is 1.00. The molecule has 0 aliphatic heterocycles. The third-order valence-electron chi connectivity index (χ3n) is 5.28. The molecule has 0 bridgehead atoms. The first-order chi connectivity index (χ1) is 8.92. The number of nitrogens with zero attached hydrogens (tertiary/aromatic N) is 1. The summed E-state index contributed by atoms with van der Waals surface area (Å²) in [6.45, 7) is 10.3. The van der Waals surface area contributed by atoms with Crippen molar-refractivity contribution >= 4 is 0 Å². The molecule has 2 atom stereocenters. The average Bonchev–Trinajstić information content (AvgIpc) is 2.83. The molecule has 2 aliphatic rings. The van der Waals surface area contributed by atoms with Gasteiger partial charge in [-0.2, -0.15) is 0 Å². The average molecular weight is 267 g/mol. The van der Waals surface area contributed by atoms with E-state index in [0.29, 0.717) is 12.0 Å². The van der Waals surface area contributed by atoms with Gasteiger partial charge >= 0.3 is 0 Å². The molecule has 0 heterocycles. The zero-order chi connectivity index (χ0) is 14.0. The van der Waals surface area contributed by atoms with E-state index in [0.717, 1.165) is 12.6 Å². The van der Waals surface area contributed by atoms with Crippen molar-refractivity contribution in [1.82, 2.24) is 4.90 Å². The van der Waals surface area contributed by atoms with E-state index >= 15 is 0 Å². The van der Waals surface area contributed by atoms with Gasteiger partial charge in [0.2, 0.25) is 0 Å². The third-order valence-corrected chi connectivity index (χ3v) is 5.28. The Labute approximate surface area is 119 Å². The minimum Gasteiger partial charge on any atom is -0.391 e. The summed E-state index contributed by atoms with van der Waals surface area (Å²) in [5, 5.41) is 10.8. The molecule has 2 nitrogen and oxygen atoms in total. The van der Waals surface area contributed by atoms with Crippen LogP contribution in [0, 0.1) is 11.3 Å². The smallest absolute Gasteiger partial charge is 0.0746 e. The number of hydrogen-bond donors (Lipinski definition) is 1. The second-order valence-electron chi connectivity index (χ2n) is 7.92. The van der Waals surface area contributed by atoms with Crippen molar-refractivity contribution in [2.45, 2.75) is 90.8 Å². The zero-order valence-electron chi connectivity index (χ0n) is 13.4. The largest absolute Gasteiger partial charge is 0.391 e. The molecule has 0 aromatic heterocycles. The van der Waals surface area contributed by atoms with Gasteiger partial charge < -0.3 is 5.11 Å². The van der Waals surface area contributed by atoms with E-state index in [1.165, 1.54) is 44.9 Å². The Hall–Kier alpha value is -0.0800. The molecule has 2 saturated carbocycles. The van der Waals surface area contributed by atoms with Crippen LogP contribution in [0.15, 0.2) is 0 Å². The van der Waals surface area contributed by atoms with Gasteiger partial charge in [-0.15, -0.1) is 0 Å². The summed E-state index contributed by atoms with van der Waals surface area (Å²) >= 11 is 0. The number of aliphatic hydroxyl groups excluding tert-OH is 1. The van der Waals surface area contributed by atoms with Gasteiger partial charge in [0.1, 0.15) is 0 Å². The predicted molar refractivity (Wildman–Crippen MR) is 81.2 cm³/mol. The van der Waals surface area contributed by atoms with Crippen LogP contribution < -0.4 is 0 Å².